The molecule has 4 aliphatic carbocycles. The Balaban J connectivity index is 0.986. The van der Waals surface area contributed by atoms with Gasteiger partial charge in [0.1, 0.15) is 0 Å². The van der Waals surface area contributed by atoms with E-state index in [0.29, 0.717) is 5.92 Å². The molecule has 1 nitrogen and oxygen atoms in total. The van der Waals surface area contributed by atoms with Gasteiger partial charge in [-0.1, -0.05) is 182 Å². The van der Waals surface area contributed by atoms with Crippen LogP contribution >= 0.6 is 0 Å². The summed E-state index contributed by atoms with van der Waals surface area (Å²) in [4.78, 5) is 2.52. The van der Waals surface area contributed by atoms with Gasteiger partial charge in [0.15, 0.2) is 0 Å². The normalized spacial score (nSPS) is 18.0. The molecule has 6 aromatic rings. The molecule has 6 aromatic carbocycles. The van der Waals surface area contributed by atoms with Gasteiger partial charge in [-0.05, 0) is 167 Å². The molecule has 0 N–H and O–H groups in total. The van der Waals surface area contributed by atoms with E-state index in [-0.39, 0.29) is 5.41 Å². The minimum absolute atomic E-state index is 0.0482. The topological polar surface area (TPSA) is 3.24 Å². The number of hydrogen-bond donors (Lipinski definition) is 0. The number of benzene rings is 6. The Labute approximate surface area is 374 Å². The molecule has 4 aliphatic rings. The van der Waals surface area contributed by atoms with E-state index in [1.54, 1.807) is 11.1 Å². The predicted octanol–water partition coefficient (Wildman–Crippen LogP) is 18.5. The first kappa shape index (κ1) is 41.1. The lowest BCUT2D eigenvalue weighted by molar-refractivity contribution is 0.435. The van der Waals surface area contributed by atoms with Crippen molar-refractivity contribution in [3.63, 3.8) is 0 Å². The van der Waals surface area contributed by atoms with Crippen LogP contribution in [0.2, 0.25) is 0 Å². The first-order chi connectivity index (χ1) is 30.6. The van der Waals surface area contributed by atoms with E-state index >= 15 is 0 Å². The van der Waals surface area contributed by atoms with Gasteiger partial charge in [-0.2, -0.15) is 0 Å². The maximum absolute atomic E-state index is 2.62. The second-order valence-corrected chi connectivity index (χ2v) is 19.8. The van der Waals surface area contributed by atoms with Gasteiger partial charge >= 0.3 is 0 Å². The average molecular weight is 816 g/mol. The lowest BCUT2D eigenvalue weighted by atomic mass is 9.71. The summed E-state index contributed by atoms with van der Waals surface area (Å²) in [7, 11) is 0. The van der Waals surface area contributed by atoms with Gasteiger partial charge in [0.2, 0.25) is 0 Å². The molecule has 10 rings (SSSR count). The summed E-state index contributed by atoms with van der Waals surface area (Å²) in [5.41, 5.74) is 19.6. The van der Waals surface area contributed by atoms with E-state index in [1.807, 2.05) is 0 Å². The summed E-state index contributed by atoms with van der Waals surface area (Å²) >= 11 is 0. The molecule has 3 saturated carbocycles. The van der Waals surface area contributed by atoms with E-state index < -0.39 is 0 Å². The summed E-state index contributed by atoms with van der Waals surface area (Å²) in [6.45, 7) is 4.72. The van der Waals surface area contributed by atoms with Crippen molar-refractivity contribution in [2.45, 2.75) is 159 Å². The van der Waals surface area contributed by atoms with Crippen LogP contribution in [-0.4, -0.2) is 0 Å². The number of fused-ring (bicyclic) bond motifs is 3. The molecule has 0 heterocycles. The smallest absolute Gasteiger partial charge is 0.0465 e. The summed E-state index contributed by atoms with van der Waals surface area (Å²) in [6, 6.07) is 52.9. The van der Waals surface area contributed by atoms with E-state index in [9.17, 15) is 0 Å². The Hall–Kier alpha value is -4.88. The Morgan fingerprint density at radius 2 is 0.823 bits per heavy atom. The van der Waals surface area contributed by atoms with Gasteiger partial charge in [-0.25, -0.2) is 0 Å². The molecule has 0 aromatic heterocycles. The summed E-state index contributed by atoms with van der Waals surface area (Å²) in [5.74, 6) is 2.14. The molecule has 62 heavy (non-hydrogen) atoms. The third-order valence-electron chi connectivity index (χ3n) is 15.9. The van der Waals surface area contributed by atoms with E-state index in [1.165, 1.54) is 189 Å². The minimum atomic E-state index is 0.0482. The van der Waals surface area contributed by atoms with Gasteiger partial charge in [-0.15, -0.1) is 0 Å². The zero-order chi connectivity index (χ0) is 41.9. The van der Waals surface area contributed by atoms with Crippen molar-refractivity contribution >= 4 is 17.1 Å². The highest BCUT2D eigenvalue weighted by molar-refractivity contribution is 5.86. The maximum atomic E-state index is 2.62. The first-order valence-corrected chi connectivity index (χ1v) is 25.1. The zero-order valence-electron chi connectivity index (χ0n) is 37.8. The molecule has 0 aliphatic heterocycles. The fourth-order valence-corrected chi connectivity index (χ4v) is 12.7. The number of nitrogens with zero attached hydrogens (tertiary/aromatic N) is 1. The molecule has 318 valence electrons. The zero-order valence-corrected chi connectivity index (χ0v) is 37.8. The molecule has 0 amide bonds. The number of rotatable bonds is 12. The molecular formula is C61H69N. The summed E-state index contributed by atoms with van der Waals surface area (Å²) in [6.07, 6.45) is 25.2. The highest BCUT2D eigenvalue weighted by atomic mass is 15.1. The van der Waals surface area contributed by atoms with E-state index in [4.69, 9.17) is 0 Å². The molecule has 0 spiro atoms. The highest BCUT2D eigenvalue weighted by Crippen LogP contribution is 2.55. The van der Waals surface area contributed by atoms with Crippen LogP contribution in [0.15, 0.2) is 133 Å². The largest absolute Gasteiger partial charge is 0.310 e. The molecule has 3 fully saturated rings. The van der Waals surface area contributed by atoms with Crippen LogP contribution in [0.1, 0.15) is 181 Å². The van der Waals surface area contributed by atoms with Crippen molar-refractivity contribution in [3.05, 3.63) is 161 Å². The fraction of sp³-hybridized carbons (Fsp3) is 0.410. The van der Waals surface area contributed by atoms with Gasteiger partial charge in [0.05, 0.1) is 0 Å². The predicted molar refractivity (Wildman–Crippen MR) is 266 cm³/mol. The van der Waals surface area contributed by atoms with Crippen molar-refractivity contribution in [2.75, 3.05) is 4.90 Å². The van der Waals surface area contributed by atoms with Crippen molar-refractivity contribution < 1.29 is 0 Å². The average Bonchev–Trinajstić information content (AvgIpc) is 3.61. The van der Waals surface area contributed by atoms with Crippen LogP contribution in [0, 0.1) is 0 Å². The third-order valence-corrected chi connectivity index (χ3v) is 15.9. The van der Waals surface area contributed by atoms with Crippen LogP contribution in [0.25, 0.3) is 33.4 Å². The van der Waals surface area contributed by atoms with Crippen molar-refractivity contribution in [3.8, 4) is 33.4 Å². The monoisotopic (exact) mass is 816 g/mol. The van der Waals surface area contributed by atoms with E-state index in [0.717, 1.165) is 11.8 Å². The lowest BCUT2D eigenvalue weighted by Crippen LogP contribution is -2.25. The van der Waals surface area contributed by atoms with Gasteiger partial charge in [-0.3, -0.25) is 0 Å². The van der Waals surface area contributed by atoms with Crippen molar-refractivity contribution in [2.24, 2.45) is 0 Å². The standard InChI is InChI=1S/C61H69N/c1-3-38-61(39-4-2)59-23-15-14-22-57(59)58-37-36-56(43-60(58)61)62(54-32-28-48(29-33-54)44-16-8-5-9-17-44)55-34-30-49(31-35-55)47-24-26-50(27-25-47)53-41-51(45-18-10-6-11-19-45)40-52(42-53)46-20-12-7-13-21-46/h14-15,22-37,40-46H,3-13,16-21,38-39H2,1-2H3. The molecule has 1 heteroatoms. The van der Waals surface area contributed by atoms with Crippen molar-refractivity contribution in [1.29, 1.82) is 0 Å². The SMILES string of the molecule is CCCC1(CCC)c2ccccc2-c2ccc(N(c3ccc(-c4ccc(-c5cc(C6CCCCC6)cc(C6CCCCC6)c5)cc4)cc3)c3ccc(C4CCCCC4)cc3)cc21. The van der Waals surface area contributed by atoms with E-state index in [2.05, 4.69) is 152 Å². The molecule has 0 atom stereocenters. The van der Waals surface area contributed by atoms with Gasteiger partial charge in [0, 0.05) is 22.5 Å². The molecule has 0 unspecified atom stereocenters. The summed E-state index contributed by atoms with van der Waals surface area (Å²) < 4.78 is 0. The van der Waals surface area contributed by atoms with Gasteiger partial charge in [0.25, 0.3) is 0 Å². The molecule has 0 bridgehead atoms. The Morgan fingerprint density at radius 1 is 0.387 bits per heavy atom. The van der Waals surface area contributed by atoms with Crippen LogP contribution in [0.3, 0.4) is 0 Å². The third kappa shape index (κ3) is 8.11. The van der Waals surface area contributed by atoms with Gasteiger partial charge < -0.3 is 4.90 Å². The first-order valence-electron chi connectivity index (χ1n) is 25.1. The van der Waals surface area contributed by atoms with Crippen LogP contribution in [0.5, 0.6) is 0 Å². The van der Waals surface area contributed by atoms with Crippen LogP contribution in [0.4, 0.5) is 17.1 Å². The molecule has 0 radical (unpaired) electrons. The quantitative estimate of drug-likeness (QED) is 0.119. The molecule has 0 saturated heterocycles. The Kier molecular flexibility index (Phi) is 12.2. The molecular weight excluding hydrogens is 747 g/mol. The minimum Gasteiger partial charge on any atom is -0.310 e. The van der Waals surface area contributed by atoms with Crippen LogP contribution < -0.4 is 4.90 Å². The Bertz CT molecular complexity index is 2370. The fourth-order valence-electron chi connectivity index (χ4n) is 12.7. The number of hydrogen-bond acceptors (Lipinski definition) is 1. The Morgan fingerprint density at radius 3 is 1.35 bits per heavy atom. The van der Waals surface area contributed by atoms with Crippen LogP contribution in [-0.2, 0) is 5.41 Å². The lowest BCUT2D eigenvalue weighted by Gasteiger charge is -2.33. The van der Waals surface area contributed by atoms with Crippen molar-refractivity contribution in [1.82, 2.24) is 0 Å². The second kappa shape index (κ2) is 18.5. The second-order valence-electron chi connectivity index (χ2n) is 19.8. The highest BCUT2D eigenvalue weighted by Gasteiger charge is 2.42. The maximum Gasteiger partial charge on any atom is 0.0465 e. The number of anilines is 3. The summed E-state index contributed by atoms with van der Waals surface area (Å²) in [5, 5.41) is 0.